The number of nitrogens with zero attached hydrogens (tertiary/aromatic N) is 4. The number of hydrogen-bond acceptors (Lipinski definition) is 4. The Bertz CT molecular complexity index is 1050. The number of fused-ring (bicyclic) bond motifs is 1. The minimum atomic E-state index is -0.552. The molecule has 3 aromatic rings. The summed E-state index contributed by atoms with van der Waals surface area (Å²) in [6.07, 6.45) is 7.73. The standard InChI is InChI=1S/C16H14ClN5O2/c1-3-7-21-13(10-5-6-11(17)18-9-10)19-12-14(23)20-16(24)22(8-4-2)15(12)21/h2,5-6,9H,3,7-8H2,1H3,(H,20,23,24). The van der Waals surface area contributed by atoms with Crippen molar-refractivity contribution < 1.29 is 0 Å². The lowest BCUT2D eigenvalue weighted by Crippen LogP contribution is -2.31. The van der Waals surface area contributed by atoms with E-state index in [0.717, 1.165) is 6.42 Å². The number of aromatic nitrogens is 5. The second-order valence-electron chi connectivity index (χ2n) is 5.18. The molecule has 0 aromatic carbocycles. The molecule has 3 aromatic heterocycles. The number of nitrogens with one attached hydrogen (secondary N) is 1. The van der Waals surface area contributed by atoms with Crippen LogP contribution in [-0.4, -0.2) is 24.1 Å². The lowest BCUT2D eigenvalue weighted by molar-refractivity contribution is 0.667. The van der Waals surface area contributed by atoms with Crippen LogP contribution in [0.25, 0.3) is 22.6 Å². The van der Waals surface area contributed by atoms with Gasteiger partial charge in [-0.15, -0.1) is 6.42 Å². The maximum atomic E-state index is 12.2. The minimum Gasteiger partial charge on any atom is -0.310 e. The Morgan fingerprint density at radius 1 is 1.33 bits per heavy atom. The lowest BCUT2D eigenvalue weighted by atomic mass is 10.2. The number of imidazole rings is 1. The molecule has 7 nitrogen and oxygen atoms in total. The molecular weight excluding hydrogens is 330 g/mol. The third-order valence-corrected chi connectivity index (χ3v) is 3.78. The molecule has 24 heavy (non-hydrogen) atoms. The number of H-pyrrole nitrogens is 1. The van der Waals surface area contributed by atoms with Gasteiger partial charge < -0.3 is 4.57 Å². The highest BCUT2D eigenvalue weighted by molar-refractivity contribution is 6.29. The molecule has 122 valence electrons. The first-order valence-electron chi connectivity index (χ1n) is 7.35. The van der Waals surface area contributed by atoms with Crippen molar-refractivity contribution in [1.29, 1.82) is 0 Å². The first kappa shape index (κ1) is 16.0. The molecule has 3 rings (SSSR count). The molecular formula is C16H14ClN5O2. The van der Waals surface area contributed by atoms with Gasteiger partial charge in [0.2, 0.25) is 0 Å². The Balaban J connectivity index is 2.41. The van der Waals surface area contributed by atoms with Gasteiger partial charge in [0.25, 0.3) is 5.56 Å². The second-order valence-corrected chi connectivity index (χ2v) is 5.57. The highest BCUT2D eigenvalue weighted by Crippen LogP contribution is 2.23. The molecule has 0 saturated heterocycles. The van der Waals surface area contributed by atoms with Crippen LogP contribution >= 0.6 is 11.6 Å². The van der Waals surface area contributed by atoms with Crippen molar-refractivity contribution in [2.24, 2.45) is 0 Å². The highest BCUT2D eigenvalue weighted by atomic mass is 35.5. The number of aryl methyl sites for hydroxylation is 1. The maximum absolute atomic E-state index is 12.2. The highest BCUT2D eigenvalue weighted by Gasteiger charge is 2.19. The van der Waals surface area contributed by atoms with Crippen LogP contribution in [0, 0.1) is 12.3 Å². The minimum absolute atomic E-state index is 0.0415. The van der Waals surface area contributed by atoms with Crippen LogP contribution in [0.3, 0.4) is 0 Å². The van der Waals surface area contributed by atoms with Gasteiger partial charge in [-0.3, -0.25) is 14.3 Å². The van der Waals surface area contributed by atoms with Gasteiger partial charge in [-0.05, 0) is 18.6 Å². The van der Waals surface area contributed by atoms with E-state index < -0.39 is 11.2 Å². The summed E-state index contributed by atoms with van der Waals surface area (Å²) in [6.45, 7) is 2.61. The number of halogens is 1. The van der Waals surface area contributed by atoms with E-state index >= 15 is 0 Å². The number of pyridine rings is 1. The maximum Gasteiger partial charge on any atom is 0.330 e. The molecule has 0 radical (unpaired) electrons. The quantitative estimate of drug-likeness (QED) is 0.576. The van der Waals surface area contributed by atoms with Crippen molar-refractivity contribution in [3.05, 3.63) is 44.3 Å². The fourth-order valence-electron chi connectivity index (χ4n) is 2.59. The van der Waals surface area contributed by atoms with Crippen LogP contribution in [0.2, 0.25) is 5.15 Å². The van der Waals surface area contributed by atoms with Gasteiger partial charge >= 0.3 is 5.69 Å². The Hall–Kier alpha value is -2.85. The van der Waals surface area contributed by atoms with E-state index in [9.17, 15) is 9.59 Å². The van der Waals surface area contributed by atoms with Crippen LogP contribution in [0.4, 0.5) is 0 Å². The number of terminal acetylenes is 1. The van der Waals surface area contributed by atoms with Crippen LogP contribution < -0.4 is 11.2 Å². The first-order valence-corrected chi connectivity index (χ1v) is 7.73. The van der Waals surface area contributed by atoms with Crippen LogP contribution in [0.5, 0.6) is 0 Å². The summed E-state index contributed by atoms with van der Waals surface area (Å²) in [5, 5.41) is 0.360. The molecule has 0 bridgehead atoms. The molecule has 0 atom stereocenters. The van der Waals surface area contributed by atoms with Gasteiger partial charge in [0.05, 0.1) is 6.54 Å². The van der Waals surface area contributed by atoms with Gasteiger partial charge in [-0.1, -0.05) is 24.4 Å². The zero-order chi connectivity index (χ0) is 17.3. The van der Waals surface area contributed by atoms with Crippen LogP contribution in [0.1, 0.15) is 13.3 Å². The van der Waals surface area contributed by atoms with Gasteiger partial charge in [0, 0.05) is 18.3 Å². The Morgan fingerprint density at radius 2 is 2.12 bits per heavy atom. The summed E-state index contributed by atoms with van der Waals surface area (Å²) in [5.74, 6) is 2.97. The molecule has 0 aliphatic carbocycles. The smallest absolute Gasteiger partial charge is 0.310 e. The third kappa shape index (κ3) is 2.61. The predicted molar refractivity (Wildman–Crippen MR) is 92.0 cm³/mol. The van der Waals surface area contributed by atoms with E-state index in [1.165, 1.54) is 4.57 Å². The SMILES string of the molecule is C#CCn1c(=O)[nH]c(=O)c2nc(-c3ccc(Cl)nc3)n(CCC)c21. The van der Waals surface area contributed by atoms with Crippen molar-refractivity contribution in [2.45, 2.75) is 26.4 Å². The summed E-state index contributed by atoms with van der Waals surface area (Å²) < 4.78 is 3.15. The monoisotopic (exact) mass is 343 g/mol. The van der Waals surface area contributed by atoms with E-state index in [0.29, 0.717) is 28.7 Å². The van der Waals surface area contributed by atoms with E-state index in [-0.39, 0.29) is 12.1 Å². The second kappa shape index (κ2) is 6.34. The van der Waals surface area contributed by atoms with E-state index in [1.807, 2.05) is 11.5 Å². The number of aromatic amines is 1. The van der Waals surface area contributed by atoms with Crippen molar-refractivity contribution in [1.82, 2.24) is 24.1 Å². The summed E-state index contributed by atoms with van der Waals surface area (Å²) in [5.41, 5.74) is 0.185. The fourth-order valence-corrected chi connectivity index (χ4v) is 2.70. The molecule has 0 spiro atoms. The molecule has 1 N–H and O–H groups in total. The molecule has 0 fully saturated rings. The third-order valence-electron chi connectivity index (χ3n) is 3.56. The molecule has 0 amide bonds. The zero-order valence-corrected chi connectivity index (χ0v) is 13.7. The number of rotatable bonds is 4. The number of hydrogen-bond donors (Lipinski definition) is 1. The summed E-state index contributed by atoms with van der Waals surface area (Å²) in [6, 6.07) is 3.41. The largest absolute Gasteiger partial charge is 0.330 e. The van der Waals surface area contributed by atoms with Crippen molar-refractivity contribution in [3.63, 3.8) is 0 Å². The van der Waals surface area contributed by atoms with Crippen molar-refractivity contribution in [2.75, 3.05) is 0 Å². The molecule has 0 aliphatic heterocycles. The fraction of sp³-hybridized carbons (Fsp3) is 0.250. The Kier molecular flexibility index (Phi) is 4.23. The van der Waals surface area contributed by atoms with Crippen molar-refractivity contribution >= 4 is 22.8 Å². The van der Waals surface area contributed by atoms with E-state index in [2.05, 4.69) is 20.9 Å². The van der Waals surface area contributed by atoms with Crippen molar-refractivity contribution in [3.8, 4) is 23.7 Å². The Morgan fingerprint density at radius 3 is 2.75 bits per heavy atom. The molecule has 3 heterocycles. The molecule has 0 unspecified atom stereocenters. The van der Waals surface area contributed by atoms with Crippen LogP contribution in [-0.2, 0) is 13.1 Å². The Labute approximate surface area is 141 Å². The summed E-state index contributed by atoms with van der Waals surface area (Å²) in [7, 11) is 0. The summed E-state index contributed by atoms with van der Waals surface area (Å²) in [4.78, 5) is 35.0. The van der Waals surface area contributed by atoms with Gasteiger partial charge in [-0.2, -0.15) is 0 Å². The predicted octanol–water partition coefficient (Wildman–Crippen LogP) is 1.64. The summed E-state index contributed by atoms with van der Waals surface area (Å²) >= 11 is 5.83. The zero-order valence-electron chi connectivity index (χ0n) is 12.9. The average molecular weight is 344 g/mol. The first-order chi connectivity index (χ1) is 11.6. The lowest BCUT2D eigenvalue weighted by Gasteiger charge is -2.10. The van der Waals surface area contributed by atoms with Crippen LogP contribution in [0.15, 0.2) is 27.9 Å². The normalized spacial score (nSPS) is 10.9. The average Bonchev–Trinajstić information content (AvgIpc) is 2.92. The van der Waals surface area contributed by atoms with E-state index in [1.54, 1.807) is 18.3 Å². The van der Waals surface area contributed by atoms with Gasteiger partial charge in [-0.25, -0.2) is 14.8 Å². The van der Waals surface area contributed by atoms with Gasteiger partial charge in [0.1, 0.15) is 11.0 Å². The van der Waals surface area contributed by atoms with E-state index in [4.69, 9.17) is 18.0 Å². The molecule has 0 saturated carbocycles. The van der Waals surface area contributed by atoms with Gasteiger partial charge in [0.15, 0.2) is 11.2 Å². The molecule has 8 heteroatoms. The molecule has 0 aliphatic rings. The topological polar surface area (TPSA) is 85.6 Å².